The highest BCUT2D eigenvalue weighted by Gasteiger charge is 2.48. The first-order valence-electron chi connectivity index (χ1n) is 8.73. The van der Waals surface area contributed by atoms with Crippen LogP contribution in [0.5, 0.6) is 0 Å². The summed E-state index contributed by atoms with van der Waals surface area (Å²) in [5, 5.41) is 0. The normalized spacial score (nSPS) is 17.3. The van der Waals surface area contributed by atoms with Gasteiger partial charge in [0.25, 0.3) is 12.0 Å². The van der Waals surface area contributed by atoms with E-state index in [4.69, 9.17) is 0 Å². The molecular weight excluding hydrogens is 395 g/mol. The highest BCUT2D eigenvalue weighted by Crippen LogP contribution is 2.28. The van der Waals surface area contributed by atoms with E-state index < -0.39 is 24.3 Å². The van der Waals surface area contributed by atoms with E-state index in [1.165, 1.54) is 17.5 Å². The van der Waals surface area contributed by atoms with Crippen molar-refractivity contribution in [2.45, 2.75) is 43.4 Å². The largest absolute Gasteiger partial charge is 0.434 e. The first-order chi connectivity index (χ1) is 12.9. The molecule has 1 unspecified atom stereocenters. The number of amides is 2. The number of hydrogen-bond acceptors (Lipinski definition) is 5. The van der Waals surface area contributed by atoms with Crippen LogP contribution in [-0.2, 0) is 14.9 Å². The number of carbonyl (C=O) groups is 2. The second kappa shape index (κ2) is 8.60. The summed E-state index contributed by atoms with van der Waals surface area (Å²) in [5.41, 5.74) is 5.96. The molecule has 2 N–H and O–H groups in total. The second-order valence-electron chi connectivity index (χ2n) is 7.49. The quantitative estimate of drug-likeness (QED) is 0.759. The molecule has 1 aromatic carbocycles. The van der Waals surface area contributed by atoms with Crippen molar-refractivity contribution in [3.05, 3.63) is 29.8 Å². The molecule has 0 spiro atoms. The minimum absolute atomic E-state index is 0.0639. The van der Waals surface area contributed by atoms with Gasteiger partial charge in [0.15, 0.2) is 0 Å². The van der Waals surface area contributed by atoms with Gasteiger partial charge >= 0.3 is 12.3 Å². The molecule has 2 amide bonds. The van der Waals surface area contributed by atoms with Gasteiger partial charge < -0.3 is 15.4 Å². The fraction of sp³-hybridized carbons (Fsp3) is 0.556. The summed E-state index contributed by atoms with van der Waals surface area (Å²) in [6.07, 6.45) is -9.16. The Labute approximate surface area is 166 Å². The van der Waals surface area contributed by atoms with Crippen molar-refractivity contribution in [1.82, 2.24) is 9.21 Å². The van der Waals surface area contributed by atoms with E-state index in [9.17, 15) is 22.8 Å². The first-order valence-corrected chi connectivity index (χ1v) is 9.50. The summed E-state index contributed by atoms with van der Waals surface area (Å²) in [4.78, 5) is 25.0. The predicted molar refractivity (Wildman–Crippen MR) is 99.7 cm³/mol. The van der Waals surface area contributed by atoms with Gasteiger partial charge in [0.2, 0.25) is 0 Å². The molecule has 0 bridgehead atoms. The number of rotatable bonds is 4. The summed E-state index contributed by atoms with van der Waals surface area (Å²) >= 11 is 1.52. The maximum atomic E-state index is 12.7. The Morgan fingerprint density at radius 3 is 2.04 bits per heavy atom. The van der Waals surface area contributed by atoms with Crippen LogP contribution in [0, 0.1) is 0 Å². The third kappa shape index (κ3) is 6.03. The summed E-state index contributed by atoms with van der Waals surface area (Å²) in [7, 11) is 0. The van der Waals surface area contributed by atoms with Crippen molar-refractivity contribution in [2.75, 3.05) is 26.2 Å². The Morgan fingerprint density at radius 1 is 1.07 bits per heavy atom. The van der Waals surface area contributed by atoms with Crippen LogP contribution in [-0.4, -0.2) is 59.7 Å². The van der Waals surface area contributed by atoms with Crippen molar-refractivity contribution >= 4 is 23.9 Å². The Morgan fingerprint density at radius 2 is 1.61 bits per heavy atom. The van der Waals surface area contributed by atoms with Gasteiger partial charge in [-0.15, -0.1) is 0 Å². The Bertz CT molecular complexity index is 697. The van der Waals surface area contributed by atoms with Crippen LogP contribution >= 0.6 is 11.9 Å². The van der Waals surface area contributed by atoms with Crippen LogP contribution in [0.25, 0.3) is 0 Å². The van der Waals surface area contributed by atoms with Crippen molar-refractivity contribution < 1.29 is 27.5 Å². The lowest BCUT2D eigenvalue weighted by Gasteiger charge is -2.34. The summed E-state index contributed by atoms with van der Waals surface area (Å²) in [6.45, 7) is 7.69. The predicted octanol–water partition coefficient (Wildman–Crippen LogP) is 3.16. The molecule has 0 saturated carbocycles. The summed E-state index contributed by atoms with van der Waals surface area (Å²) < 4.78 is 44.4. The summed E-state index contributed by atoms with van der Waals surface area (Å²) in [6, 6.07) is 8.17. The number of nitrogens with zero attached hydrogens (tertiary/aromatic N) is 2. The molecule has 6 nitrogen and oxygen atoms in total. The number of ether oxygens (including phenoxy) is 1. The van der Waals surface area contributed by atoms with E-state index in [0.717, 1.165) is 9.80 Å². The molecule has 1 heterocycles. The third-order valence-corrected chi connectivity index (χ3v) is 5.33. The molecule has 1 aromatic rings. The standard InChI is InChI=1S/C18H24F3N3O3S/c1-17(2,3)12-4-6-13(7-5-12)28-24-10-8-23(9-11-24)16(26)27-14(15(22)25)18(19,20)21/h4-7,14H,8-11H2,1-3H3,(H2,22,25). The zero-order valence-electron chi connectivity index (χ0n) is 16.0. The molecule has 0 aromatic heterocycles. The molecule has 0 aliphatic carbocycles. The SMILES string of the molecule is CC(C)(C)c1ccc(SN2CCN(C(=O)OC(C(N)=O)C(F)(F)F)CC2)cc1. The van der Waals surface area contributed by atoms with Gasteiger partial charge in [-0.3, -0.25) is 4.79 Å². The van der Waals surface area contributed by atoms with Crippen LogP contribution in [0.1, 0.15) is 26.3 Å². The van der Waals surface area contributed by atoms with Gasteiger partial charge in [-0.2, -0.15) is 13.2 Å². The van der Waals surface area contributed by atoms with Gasteiger partial charge in [-0.1, -0.05) is 32.9 Å². The fourth-order valence-corrected chi connectivity index (χ4v) is 3.49. The molecule has 2 rings (SSSR count). The van der Waals surface area contributed by atoms with Gasteiger partial charge in [-0.05, 0) is 35.1 Å². The average molecular weight is 419 g/mol. The molecule has 1 atom stereocenters. The average Bonchev–Trinajstić information content (AvgIpc) is 2.58. The molecule has 1 aliphatic rings. The van der Waals surface area contributed by atoms with Crippen LogP contribution in [0.3, 0.4) is 0 Å². The van der Waals surface area contributed by atoms with E-state index >= 15 is 0 Å². The molecule has 1 saturated heterocycles. The fourth-order valence-electron chi connectivity index (χ4n) is 2.59. The van der Waals surface area contributed by atoms with E-state index in [2.05, 4.69) is 43.4 Å². The number of benzene rings is 1. The second-order valence-corrected chi connectivity index (χ2v) is 8.66. The molecule has 0 radical (unpaired) electrons. The number of carbonyl (C=O) groups excluding carboxylic acids is 2. The summed E-state index contributed by atoms with van der Waals surface area (Å²) in [5.74, 6) is -1.74. The maximum absolute atomic E-state index is 12.7. The van der Waals surface area contributed by atoms with Crippen LogP contribution in [0.2, 0.25) is 0 Å². The van der Waals surface area contributed by atoms with E-state index in [1.54, 1.807) is 0 Å². The number of halogens is 3. The van der Waals surface area contributed by atoms with Gasteiger partial charge in [0.05, 0.1) is 0 Å². The van der Waals surface area contributed by atoms with Crippen LogP contribution < -0.4 is 5.73 Å². The lowest BCUT2D eigenvalue weighted by molar-refractivity contribution is -0.205. The highest BCUT2D eigenvalue weighted by atomic mass is 32.2. The monoisotopic (exact) mass is 419 g/mol. The van der Waals surface area contributed by atoms with E-state index in [-0.39, 0.29) is 18.5 Å². The lowest BCUT2D eigenvalue weighted by atomic mass is 9.87. The molecule has 28 heavy (non-hydrogen) atoms. The highest BCUT2D eigenvalue weighted by molar-refractivity contribution is 7.97. The van der Waals surface area contributed by atoms with Crippen molar-refractivity contribution in [2.24, 2.45) is 5.73 Å². The zero-order valence-corrected chi connectivity index (χ0v) is 16.8. The number of primary amides is 1. The number of nitrogens with two attached hydrogens (primary N) is 1. The minimum Gasteiger partial charge on any atom is -0.426 e. The first kappa shape index (κ1) is 22.4. The number of hydrogen-bond donors (Lipinski definition) is 1. The van der Waals surface area contributed by atoms with E-state index in [0.29, 0.717) is 13.1 Å². The third-order valence-electron chi connectivity index (χ3n) is 4.23. The zero-order chi connectivity index (χ0) is 21.1. The topological polar surface area (TPSA) is 75.9 Å². The molecule has 10 heteroatoms. The molecule has 1 aliphatic heterocycles. The molecule has 1 fully saturated rings. The van der Waals surface area contributed by atoms with Crippen molar-refractivity contribution in [1.29, 1.82) is 0 Å². The van der Waals surface area contributed by atoms with Crippen LogP contribution in [0.4, 0.5) is 18.0 Å². The molecular formula is C18H24F3N3O3S. The van der Waals surface area contributed by atoms with E-state index in [1.807, 2.05) is 16.4 Å². The smallest absolute Gasteiger partial charge is 0.426 e. The maximum Gasteiger partial charge on any atom is 0.434 e. The van der Waals surface area contributed by atoms with Crippen LogP contribution in [0.15, 0.2) is 29.2 Å². The Kier molecular flexibility index (Phi) is 6.87. The Hall–Kier alpha value is -1.94. The van der Waals surface area contributed by atoms with Crippen molar-refractivity contribution in [3.63, 3.8) is 0 Å². The number of piperazine rings is 1. The van der Waals surface area contributed by atoms with Gasteiger partial charge in [-0.25, -0.2) is 9.10 Å². The van der Waals surface area contributed by atoms with Gasteiger partial charge in [0.1, 0.15) is 0 Å². The Balaban J connectivity index is 1.87. The lowest BCUT2D eigenvalue weighted by Crippen LogP contribution is -2.51. The van der Waals surface area contributed by atoms with Crippen molar-refractivity contribution in [3.8, 4) is 0 Å². The number of alkyl halides is 3. The molecule has 156 valence electrons. The van der Waals surface area contributed by atoms with Gasteiger partial charge in [0, 0.05) is 31.1 Å². The minimum atomic E-state index is -5.03.